The van der Waals surface area contributed by atoms with Crippen molar-refractivity contribution in [2.75, 3.05) is 0 Å². The van der Waals surface area contributed by atoms with Gasteiger partial charge in [0.15, 0.2) is 11.0 Å². The summed E-state index contributed by atoms with van der Waals surface area (Å²) in [5.74, 6) is 1.05. The molecule has 0 bridgehead atoms. The van der Waals surface area contributed by atoms with Crippen LogP contribution in [0.2, 0.25) is 10.0 Å². The number of benzene rings is 1. The van der Waals surface area contributed by atoms with E-state index in [9.17, 15) is 4.79 Å². The summed E-state index contributed by atoms with van der Waals surface area (Å²) in [6.07, 6.45) is 0. The summed E-state index contributed by atoms with van der Waals surface area (Å²) in [5.41, 5.74) is 0.773. The molecule has 0 aliphatic carbocycles. The Labute approximate surface area is 168 Å². The van der Waals surface area contributed by atoms with Crippen LogP contribution in [0.15, 0.2) is 23.4 Å². The van der Waals surface area contributed by atoms with Crippen LogP contribution in [0.1, 0.15) is 34.6 Å². The zero-order valence-electron chi connectivity index (χ0n) is 15.6. The van der Waals surface area contributed by atoms with Crippen LogP contribution in [0.25, 0.3) is 11.4 Å². The Morgan fingerprint density at radius 1 is 1.19 bits per heavy atom. The molecule has 1 N–H and O–H groups in total. The molecule has 8 heteroatoms. The molecule has 26 heavy (non-hydrogen) atoms. The Hall–Kier alpha value is -1.24. The van der Waals surface area contributed by atoms with Crippen molar-refractivity contribution in [2.45, 2.75) is 57.6 Å². The van der Waals surface area contributed by atoms with Crippen LogP contribution in [-0.4, -0.2) is 32.0 Å². The van der Waals surface area contributed by atoms with E-state index in [0.717, 1.165) is 12.1 Å². The molecule has 1 heterocycles. The number of aromatic nitrogens is 3. The molecule has 2 aromatic rings. The zero-order chi connectivity index (χ0) is 19.4. The third kappa shape index (κ3) is 5.38. The van der Waals surface area contributed by atoms with Gasteiger partial charge in [-0.05, 0) is 44.9 Å². The first-order valence-electron chi connectivity index (χ1n) is 8.54. The predicted octanol–water partition coefficient (Wildman–Crippen LogP) is 4.91. The molecule has 1 aromatic carbocycles. The SMILES string of the molecule is CC(C)Cn1c(S[C@@H](C)C(=O)NC(C)C)nnc1-c1ccc(Cl)cc1Cl. The van der Waals surface area contributed by atoms with E-state index in [-0.39, 0.29) is 17.2 Å². The largest absolute Gasteiger partial charge is 0.353 e. The highest BCUT2D eigenvalue weighted by Crippen LogP contribution is 2.33. The number of carbonyl (C=O) groups is 1. The normalized spacial score (nSPS) is 12.7. The second kappa shape index (κ2) is 9.11. The molecule has 0 fully saturated rings. The number of nitrogens with zero attached hydrogens (tertiary/aromatic N) is 3. The maximum absolute atomic E-state index is 12.2. The Bertz CT molecular complexity index is 777. The van der Waals surface area contributed by atoms with Crippen molar-refractivity contribution in [1.82, 2.24) is 20.1 Å². The smallest absolute Gasteiger partial charge is 0.233 e. The molecule has 0 saturated heterocycles. The first kappa shape index (κ1) is 21.1. The molecular formula is C18H24Cl2N4OS. The Morgan fingerprint density at radius 3 is 2.46 bits per heavy atom. The first-order chi connectivity index (χ1) is 12.2. The molecule has 0 saturated carbocycles. The van der Waals surface area contributed by atoms with Crippen LogP contribution in [-0.2, 0) is 11.3 Å². The lowest BCUT2D eigenvalue weighted by Gasteiger charge is -2.16. The van der Waals surface area contributed by atoms with Crippen molar-refractivity contribution < 1.29 is 4.79 Å². The molecule has 0 aliphatic heterocycles. The summed E-state index contributed by atoms with van der Waals surface area (Å²) in [7, 11) is 0. The summed E-state index contributed by atoms with van der Waals surface area (Å²) in [6.45, 7) is 10.7. The van der Waals surface area contributed by atoms with Crippen LogP contribution in [0.4, 0.5) is 0 Å². The van der Waals surface area contributed by atoms with Crippen molar-refractivity contribution >= 4 is 40.9 Å². The lowest BCUT2D eigenvalue weighted by molar-refractivity contribution is -0.120. The highest BCUT2D eigenvalue weighted by atomic mass is 35.5. The van der Waals surface area contributed by atoms with Gasteiger partial charge in [0.1, 0.15) is 0 Å². The second-order valence-electron chi connectivity index (χ2n) is 6.86. The van der Waals surface area contributed by atoms with E-state index in [4.69, 9.17) is 23.2 Å². The molecule has 1 amide bonds. The van der Waals surface area contributed by atoms with Crippen LogP contribution >= 0.6 is 35.0 Å². The van der Waals surface area contributed by atoms with E-state index in [1.54, 1.807) is 12.1 Å². The van der Waals surface area contributed by atoms with Gasteiger partial charge in [0.2, 0.25) is 5.91 Å². The van der Waals surface area contributed by atoms with Gasteiger partial charge in [-0.15, -0.1) is 10.2 Å². The quantitative estimate of drug-likeness (QED) is 0.653. The van der Waals surface area contributed by atoms with Gasteiger partial charge in [-0.3, -0.25) is 4.79 Å². The summed E-state index contributed by atoms with van der Waals surface area (Å²) in [6, 6.07) is 5.41. The minimum absolute atomic E-state index is 0.0184. The van der Waals surface area contributed by atoms with Gasteiger partial charge in [-0.2, -0.15) is 0 Å². The molecule has 1 aromatic heterocycles. The van der Waals surface area contributed by atoms with E-state index in [1.165, 1.54) is 11.8 Å². The van der Waals surface area contributed by atoms with Gasteiger partial charge in [0.05, 0.1) is 10.3 Å². The number of rotatable bonds is 7. The van der Waals surface area contributed by atoms with E-state index in [1.807, 2.05) is 31.4 Å². The van der Waals surface area contributed by atoms with Gasteiger partial charge < -0.3 is 9.88 Å². The first-order valence-corrected chi connectivity index (χ1v) is 10.2. The molecule has 142 valence electrons. The van der Waals surface area contributed by atoms with Crippen LogP contribution in [0, 0.1) is 5.92 Å². The number of amides is 1. The van der Waals surface area contributed by atoms with E-state index < -0.39 is 0 Å². The fraction of sp³-hybridized carbons (Fsp3) is 0.500. The van der Waals surface area contributed by atoms with Crippen molar-refractivity contribution in [3.63, 3.8) is 0 Å². The molecule has 0 aliphatic rings. The average molecular weight is 415 g/mol. The molecule has 0 spiro atoms. The Morgan fingerprint density at radius 2 is 1.88 bits per heavy atom. The minimum Gasteiger partial charge on any atom is -0.353 e. The van der Waals surface area contributed by atoms with Crippen LogP contribution < -0.4 is 5.32 Å². The highest BCUT2D eigenvalue weighted by Gasteiger charge is 2.22. The fourth-order valence-corrected chi connectivity index (χ4v) is 3.75. The van der Waals surface area contributed by atoms with Gasteiger partial charge in [0, 0.05) is 23.2 Å². The average Bonchev–Trinajstić information content (AvgIpc) is 2.88. The molecule has 5 nitrogen and oxygen atoms in total. The number of hydrogen-bond acceptors (Lipinski definition) is 4. The summed E-state index contributed by atoms with van der Waals surface area (Å²) in [4.78, 5) is 12.2. The number of thioether (sulfide) groups is 1. The van der Waals surface area contributed by atoms with Crippen molar-refractivity contribution in [3.05, 3.63) is 28.2 Å². The van der Waals surface area contributed by atoms with Crippen molar-refractivity contribution in [3.8, 4) is 11.4 Å². The number of nitrogens with one attached hydrogen (secondary N) is 1. The molecule has 1 atom stereocenters. The fourth-order valence-electron chi connectivity index (χ4n) is 2.39. The third-order valence-electron chi connectivity index (χ3n) is 3.52. The lowest BCUT2D eigenvalue weighted by Crippen LogP contribution is -2.36. The highest BCUT2D eigenvalue weighted by molar-refractivity contribution is 8.00. The van der Waals surface area contributed by atoms with Crippen LogP contribution in [0.5, 0.6) is 0 Å². The summed E-state index contributed by atoms with van der Waals surface area (Å²) >= 11 is 13.8. The van der Waals surface area contributed by atoms with Crippen LogP contribution in [0.3, 0.4) is 0 Å². The van der Waals surface area contributed by atoms with E-state index in [2.05, 4.69) is 29.4 Å². The summed E-state index contributed by atoms with van der Waals surface area (Å²) < 4.78 is 2.02. The minimum atomic E-state index is -0.277. The van der Waals surface area contributed by atoms with Gasteiger partial charge >= 0.3 is 0 Å². The maximum Gasteiger partial charge on any atom is 0.233 e. The number of halogens is 2. The van der Waals surface area contributed by atoms with Crippen molar-refractivity contribution in [1.29, 1.82) is 0 Å². The van der Waals surface area contributed by atoms with E-state index in [0.29, 0.717) is 26.9 Å². The molecule has 2 rings (SSSR count). The molecule has 0 radical (unpaired) electrons. The molecule has 0 unspecified atom stereocenters. The zero-order valence-corrected chi connectivity index (χ0v) is 17.9. The Kier molecular flexibility index (Phi) is 7.38. The Balaban J connectivity index is 2.36. The monoisotopic (exact) mass is 414 g/mol. The predicted molar refractivity (Wildman–Crippen MR) is 109 cm³/mol. The lowest BCUT2D eigenvalue weighted by atomic mass is 10.2. The number of hydrogen-bond donors (Lipinski definition) is 1. The maximum atomic E-state index is 12.2. The standard InChI is InChI=1S/C18H24Cl2N4OS/c1-10(2)9-24-16(14-7-6-13(19)8-15(14)20)22-23-18(24)26-12(5)17(25)21-11(3)4/h6-8,10-12H,9H2,1-5H3,(H,21,25)/t12-/m0/s1. The van der Waals surface area contributed by atoms with Crippen molar-refractivity contribution in [2.24, 2.45) is 5.92 Å². The second-order valence-corrected chi connectivity index (χ2v) is 9.01. The third-order valence-corrected chi connectivity index (χ3v) is 5.15. The van der Waals surface area contributed by atoms with E-state index >= 15 is 0 Å². The topological polar surface area (TPSA) is 59.8 Å². The molecular weight excluding hydrogens is 391 g/mol. The number of carbonyl (C=O) groups excluding carboxylic acids is 1. The van der Waals surface area contributed by atoms with Gasteiger partial charge in [-0.25, -0.2) is 0 Å². The summed E-state index contributed by atoms with van der Waals surface area (Å²) in [5, 5.41) is 13.1. The van der Waals surface area contributed by atoms with Gasteiger partial charge in [0.25, 0.3) is 0 Å². The van der Waals surface area contributed by atoms with Gasteiger partial charge in [-0.1, -0.05) is 48.8 Å².